The fourth-order valence-electron chi connectivity index (χ4n) is 2.57. The Kier molecular flexibility index (Phi) is 3.32. The molecule has 0 fully saturated rings. The molecular formula is C14H18N2O3. The van der Waals surface area contributed by atoms with Crippen molar-refractivity contribution in [3.05, 3.63) is 29.6 Å². The monoisotopic (exact) mass is 262 g/mol. The zero-order valence-corrected chi connectivity index (χ0v) is 11.6. The van der Waals surface area contributed by atoms with E-state index in [0.29, 0.717) is 12.1 Å². The summed E-state index contributed by atoms with van der Waals surface area (Å²) in [5, 5.41) is 9.22. The summed E-state index contributed by atoms with van der Waals surface area (Å²) in [6, 6.07) is 5.20. The second-order valence-corrected chi connectivity index (χ2v) is 5.22. The van der Waals surface area contributed by atoms with Gasteiger partial charge in [-0.05, 0) is 32.9 Å². The number of carboxylic acids is 1. The number of rotatable bonds is 4. The van der Waals surface area contributed by atoms with E-state index in [9.17, 15) is 9.90 Å². The summed E-state index contributed by atoms with van der Waals surface area (Å²) >= 11 is 0. The average Bonchev–Trinajstić information content (AvgIpc) is 2.64. The number of nitrogens with zero attached hydrogens (tertiary/aromatic N) is 2. The van der Waals surface area contributed by atoms with Gasteiger partial charge in [-0.25, -0.2) is 9.78 Å². The molecule has 0 bridgehead atoms. The maximum Gasteiger partial charge on any atom is 0.337 e. The number of methoxy groups -OCH3 is 1. The molecule has 5 nitrogen and oxygen atoms in total. The van der Waals surface area contributed by atoms with Crippen LogP contribution in [0.15, 0.2) is 18.2 Å². The Bertz CT molecular complexity index is 629. The molecule has 2 aromatic rings. The molecule has 0 aliphatic carbocycles. The summed E-state index contributed by atoms with van der Waals surface area (Å²) < 4.78 is 7.27. The molecule has 0 atom stereocenters. The van der Waals surface area contributed by atoms with Crippen LogP contribution in [-0.4, -0.2) is 34.3 Å². The van der Waals surface area contributed by atoms with Gasteiger partial charge in [0, 0.05) is 7.11 Å². The molecule has 0 spiro atoms. The third-order valence-electron chi connectivity index (χ3n) is 3.19. The zero-order valence-electron chi connectivity index (χ0n) is 11.6. The number of carboxylic acid groups (broad SMARTS) is 1. The van der Waals surface area contributed by atoms with Gasteiger partial charge in [0.05, 0.1) is 23.2 Å². The molecule has 0 radical (unpaired) electrons. The van der Waals surface area contributed by atoms with Crippen molar-refractivity contribution in [1.82, 2.24) is 9.55 Å². The van der Waals surface area contributed by atoms with Crippen LogP contribution >= 0.6 is 0 Å². The maximum absolute atomic E-state index is 11.2. The third kappa shape index (κ3) is 2.21. The van der Waals surface area contributed by atoms with Gasteiger partial charge in [-0.1, -0.05) is 6.07 Å². The number of aryl methyl sites for hydroxylation is 1. The summed E-state index contributed by atoms with van der Waals surface area (Å²) in [4.78, 5) is 15.6. The third-order valence-corrected chi connectivity index (χ3v) is 3.19. The fourth-order valence-corrected chi connectivity index (χ4v) is 2.57. The van der Waals surface area contributed by atoms with Crippen LogP contribution < -0.4 is 0 Å². The highest BCUT2D eigenvalue weighted by Gasteiger charge is 2.26. The Hall–Kier alpha value is -1.88. The molecule has 0 aliphatic rings. The number of fused-ring (bicyclic) bond motifs is 1. The maximum atomic E-state index is 11.2. The van der Waals surface area contributed by atoms with Gasteiger partial charge in [0.25, 0.3) is 0 Å². The van der Waals surface area contributed by atoms with Crippen molar-refractivity contribution >= 4 is 17.0 Å². The molecule has 0 unspecified atom stereocenters. The first kappa shape index (κ1) is 13.5. The minimum Gasteiger partial charge on any atom is -0.478 e. The number of benzene rings is 1. The van der Waals surface area contributed by atoms with Crippen molar-refractivity contribution in [2.45, 2.75) is 26.3 Å². The van der Waals surface area contributed by atoms with E-state index < -0.39 is 5.97 Å². The van der Waals surface area contributed by atoms with Crippen LogP contribution in [0.2, 0.25) is 0 Å². The number of hydrogen-bond acceptors (Lipinski definition) is 3. The van der Waals surface area contributed by atoms with Crippen molar-refractivity contribution < 1.29 is 14.6 Å². The van der Waals surface area contributed by atoms with Crippen LogP contribution in [0.1, 0.15) is 30.0 Å². The number of ether oxygens (including phenoxy) is 1. The summed E-state index contributed by atoms with van der Waals surface area (Å²) in [6.45, 7) is 6.48. The second-order valence-electron chi connectivity index (χ2n) is 5.22. The number of carbonyl (C=O) groups is 1. The summed E-state index contributed by atoms with van der Waals surface area (Å²) in [7, 11) is 1.65. The summed E-state index contributed by atoms with van der Waals surface area (Å²) in [5.41, 5.74) is 1.29. The van der Waals surface area contributed by atoms with Gasteiger partial charge in [-0.15, -0.1) is 0 Å². The first-order chi connectivity index (χ1) is 8.88. The lowest BCUT2D eigenvalue weighted by atomic mass is 10.1. The SMILES string of the molecule is COCC(C)(C)n1c(C)nc2c(C(=O)O)cccc21. The summed E-state index contributed by atoms with van der Waals surface area (Å²) in [6.07, 6.45) is 0. The Labute approximate surface area is 111 Å². The topological polar surface area (TPSA) is 64.4 Å². The molecule has 0 saturated carbocycles. The van der Waals surface area contributed by atoms with Crippen molar-refractivity contribution in [3.8, 4) is 0 Å². The highest BCUT2D eigenvalue weighted by Crippen LogP contribution is 2.27. The van der Waals surface area contributed by atoms with Gasteiger partial charge in [-0.3, -0.25) is 0 Å². The normalized spacial score (nSPS) is 12.0. The fraction of sp³-hybridized carbons (Fsp3) is 0.429. The highest BCUT2D eigenvalue weighted by molar-refractivity contribution is 6.01. The van der Waals surface area contributed by atoms with E-state index in [1.165, 1.54) is 0 Å². The van der Waals surface area contributed by atoms with Crippen molar-refractivity contribution in [1.29, 1.82) is 0 Å². The quantitative estimate of drug-likeness (QED) is 0.919. The van der Waals surface area contributed by atoms with Crippen LogP contribution in [0.5, 0.6) is 0 Å². The van der Waals surface area contributed by atoms with Gasteiger partial charge < -0.3 is 14.4 Å². The number of aromatic carboxylic acids is 1. The van der Waals surface area contributed by atoms with Gasteiger partial charge in [0.15, 0.2) is 0 Å². The predicted molar refractivity (Wildman–Crippen MR) is 72.6 cm³/mol. The van der Waals surface area contributed by atoms with Crippen LogP contribution in [-0.2, 0) is 10.3 Å². The van der Waals surface area contributed by atoms with Crippen LogP contribution in [0.25, 0.3) is 11.0 Å². The number of aromatic nitrogens is 2. The van der Waals surface area contributed by atoms with Gasteiger partial charge >= 0.3 is 5.97 Å². The molecular weight excluding hydrogens is 244 g/mol. The van der Waals surface area contributed by atoms with E-state index in [4.69, 9.17) is 4.74 Å². The average molecular weight is 262 g/mol. The van der Waals surface area contributed by atoms with E-state index >= 15 is 0 Å². The van der Waals surface area contributed by atoms with E-state index in [1.54, 1.807) is 19.2 Å². The molecule has 0 amide bonds. The minimum absolute atomic E-state index is 0.229. The Morgan fingerprint density at radius 2 is 2.16 bits per heavy atom. The van der Waals surface area contributed by atoms with Crippen molar-refractivity contribution in [2.75, 3.05) is 13.7 Å². The molecule has 1 aromatic carbocycles. The van der Waals surface area contributed by atoms with E-state index in [-0.39, 0.29) is 11.1 Å². The largest absolute Gasteiger partial charge is 0.478 e. The van der Waals surface area contributed by atoms with E-state index in [0.717, 1.165) is 11.3 Å². The highest BCUT2D eigenvalue weighted by atomic mass is 16.5. The molecule has 19 heavy (non-hydrogen) atoms. The summed E-state index contributed by atoms with van der Waals surface area (Å²) in [5.74, 6) is -0.175. The first-order valence-corrected chi connectivity index (χ1v) is 6.09. The van der Waals surface area contributed by atoms with Crippen LogP contribution in [0.3, 0.4) is 0 Å². The molecule has 1 N–H and O–H groups in total. The van der Waals surface area contributed by atoms with Crippen molar-refractivity contribution in [3.63, 3.8) is 0 Å². The molecule has 5 heteroatoms. The van der Waals surface area contributed by atoms with Crippen LogP contribution in [0.4, 0.5) is 0 Å². The van der Waals surface area contributed by atoms with E-state index in [1.807, 2.05) is 31.4 Å². The molecule has 1 aromatic heterocycles. The number of hydrogen-bond donors (Lipinski definition) is 1. The van der Waals surface area contributed by atoms with Crippen LogP contribution in [0, 0.1) is 6.92 Å². The minimum atomic E-state index is -0.959. The molecule has 102 valence electrons. The standard InChI is InChI=1S/C14H18N2O3/c1-9-15-12-10(13(17)18)6-5-7-11(12)16(9)14(2,3)8-19-4/h5-7H,8H2,1-4H3,(H,17,18). The lowest BCUT2D eigenvalue weighted by Crippen LogP contribution is -2.32. The smallest absolute Gasteiger partial charge is 0.337 e. The Morgan fingerprint density at radius 1 is 1.47 bits per heavy atom. The number of para-hydroxylation sites is 1. The van der Waals surface area contributed by atoms with Crippen molar-refractivity contribution in [2.24, 2.45) is 0 Å². The molecule has 0 aliphatic heterocycles. The molecule has 0 saturated heterocycles. The lowest BCUT2D eigenvalue weighted by Gasteiger charge is -2.28. The van der Waals surface area contributed by atoms with Gasteiger partial charge in [-0.2, -0.15) is 0 Å². The Morgan fingerprint density at radius 3 is 2.74 bits per heavy atom. The number of imidazole rings is 1. The second kappa shape index (κ2) is 4.66. The first-order valence-electron chi connectivity index (χ1n) is 6.09. The molecule has 1 heterocycles. The molecule has 2 rings (SSSR count). The van der Waals surface area contributed by atoms with Gasteiger partial charge in [0.2, 0.25) is 0 Å². The predicted octanol–water partition coefficient (Wildman–Crippen LogP) is 2.42. The lowest BCUT2D eigenvalue weighted by molar-refractivity contribution is 0.0699. The Balaban J connectivity index is 2.73. The van der Waals surface area contributed by atoms with Gasteiger partial charge in [0.1, 0.15) is 11.3 Å². The van der Waals surface area contributed by atoms with E-state index in [2.05, 4.69) is 4.98 Å². The zero-order chi connectivity index (χ0) is 14.2.